The van der Waals surface area contributed by atoms with E-state index in [2.05, 4.69) is 15.9 Å². The Hall–Kier alpha value is -1.21. The lowest BCUT2D eigenvalue weighted by molar-refractivity contribution is 0.125. The average Bonchev–Trinajstić information content (AvgIpc) is 3.21. The van der Waals surface area contributed by atoms with E-state index in [-0.39, 0.29) is 12.5 Å². The normalized spacial score (nSPS) is 26.3. The van der Waals surface area contributed by atoms with E-state index < -0.39 is 20.6 Å². The summed E-state index contributed by atoms with van der Waals surface area (Å²) in [7, 11) is -3.53. The number of ether oxygens (including phenoxy) is 1. The minimum Gasteiger partial charge on any atom is -0.380 e. The Bertz CT molecular complexity index is 808. The molecular weight excluding hydrogens is 390 g/mol. The molecule has 1 aliphatic carbocycles. The quantitative estimate of drug-likeness (QED) is 0.795. The van der Waals surface area contributed by atoms with Crippen LogP contribution in [-0.2, 0) is 14.6 Å². The summed E-state index contributed by atoms with van der Waals surface area (Å²) >= 11 is 3.40. The highest BCUT2D eigenvalue weighted by atomic mass is 79.9. The first-order chi connectivity index (χ1) is 11.4. The van der Waals surface area contributed by atoms with E-state index in [1.54, 1.807) is 30.3 Å². The first kappa shape index (κ1) is 17.6. The van der Waals surface area contributed by atoms with Crippen molar-refractivity contribution in [3.63, 3.8) is 0 Å². The number of hydrogen-bond acceptors (Lipinski definition) is 4. The van der Waals surface area contributed by atoms with Gasteiger partial charge in [0.2, 0.25) is 0 Å². The third-order valence-corrected chi connectivity index (χ3v) is 7.33. The molecule has 0 heterocycles. The lowest BCUT2D eigenvalue weighted by atomic mass is 10.1. The van der Waals surface area contributed by atoms with Crippen molar-refractivity contribution in [3.05, 3.63) is 64.6 Å². The van der Waals surface area contributed by atoms with Crippen LogP contribution in [0, 0.1) is 0 Å². The molecule has 1 saturated carbocycles. The molecule has 0 spiro atoms. The Labute approximate surface area is 151 Å². The predicted molar refractivity (Wildman–Crippen MR) is 97.7 cm³/mol. The molecule has 0 aromatic heterocycles. The highest BCUT2D eigenvalue weighted by Gasteiger charge is 2.69. The lowest BCUT2D eigenvalue weighted by Crippen LogP contribution is -2.36. The molecule has 1 aliphatic rings. The molecule has 128 valence electrons. The van der Waals surface area contributed by atoms with Gasteiger partial charge in [0.25, 0.3) is 0 Å². The number of hydrogen-bond donors (Lipinski definition) is 1. The molecule has 3 rings (SSSR count). The van der Waals surface area contributed by atoms with Gasteiger partial charge in [-0.15, -0.1) is 0 Å². The first-order valence-corrected chi connectivity index (χ1v) is 10.2. The van der Waals surface area contributed by atoms with E-state index in [0.717, 1.165) is 10.0 Å². The van der Waals surface area contributed by atoms with Gasteiger partial charge in [-0.1, -0.05) is 46.3 Å². The molecule has 2 aromatic carbocycles. The molecule has 2 N–H and O–H groups in total. The third-order valence-electron chi connectivity index (χ3n) is 4.49. The zero-order valence-electron chi connectivity index (χ0n) is 13.4. The van der Waals surface area contributed by atoms with E-state index in [1.165, 1.54) is 0 Å². The van der Waals surface area contributed by atoms with Gasteiger partial charge >= 0.3 is 0 Å². The van der Waals surface area contributed by atoms with Gasteiger partial charge in [-0.25, -0.2) is 8.42 Å². The fraction of sp³-hybridized carbons (Fsp3) is 0.333. The van der Waals surface area contributed by atoms with Crippen LogP contribution in [0.25, 0.3) is 0 Å². The van der Waals surface area contributed by atoms with E-state index in [9.17, 15) is 8.42 Å². The predicted octanol–water partition coefficient (Wildman–Crippen LogP) is 3.12. The Morgan fingerprint density at radius 2 is 1.75 bits per heavy atom. The van der Waals surface area contributed by atoms with Crippen molar-refractivity contribution < 1.29 is 13.2 Å². The fourth-order valence-electron chi connectivity index (χ4n) is 3.25. The maximum atomic E-state index is 13.1. The molecule has 24 heavy (non-hydrogen) atoms. The van der Waals surface area contributed by atoms with Crippen LogP contribution in [-0.4, -0.2) is 32.4 Å². The fourth-order valence-corrected chi connectivity index (χ4v) is 5.83. The minimum atomic E-state index is -3.53. The second-order valence-electron chi connectivity index (χ2n) is 6.06. The van der Waals surface area contributed by atoms with Crippen LogP contribution >= 0.6 is 15.9 Å². The summed E-state index contributed by atoms with van der Waals surface area (Å²) in [5.74, 6) is -0.276. The Morgan fingerprint density at radius 3 is 2.33 bits per heavy atom. The monoisotopic (exact) mass is 409 g/mol. The summed E-state index contributed by atoms with van der Waals surface area (Å²) in [6, 6.07) is 16.1. The smallest absolute Gasteiger partial charge is 0.183 e. The van der Waals surface area contributed by atoms with Crippen molar-refractivity contribution in [2.45, 2.75) is 28.5 Å². The van der Waals surface area contributed by atoms with E-state index in [4.69, 9.17) is 10.5 Å². The van der Waals surface area contributed by atoms with E-state index >= 15 is 0 Å². The summed E-state index contributed by atoms with van der Waals surface area (Å²) in [5.41, 5.74) is 6.52. The zero-order valence-corrected chi connectivity index (χ0v) is 15.8. The van der Waals surface area contributed by atoms with Crippen molar-refractivity contribution in [1.29, 1.82) is 0 Å². The van der Waals surface area contributed by atoms with Crippen molar-refractivity contribution >= 4 is 25.8 Å². The second kappa shape index (κ2) is 6.59. The highest BCUT2D eigenvalue weighted by molar-refractivity contribution is 9.10. The molecule has 0 amide bonds. The Balaban J connectivity index is 1.99. The van der Waals surface area contributed by atoms with Gasteiger partial charge in [0.15, 0.2) is 9.84 Å². The molecule has 3 atom stereocenters. The molecule has 6 heteroatoms. The van der Waals surface area contributed by atoms with Crippen LogP contribution in [0.15, 0.2) is 64.0 Å². The van der Waals surface area contributed by atoms with Gasteiger partial charge in [0.05, 0.1) is 22.3 Å². The standard InChI is InChI=1S/C18H20BrNO3S/c1-2-23-12-18(20)16(13-8-10-14(19)11-9-13)17(18)24(21,22)15-6-4-3-5-7-15/h3-11,16-17H,2,12,20H2,1H3/t16-,17+,18-/m1/s1. The molecule has 2 aromatic rings. The van der Waals surface area contributed by atoms with Gasteiger partial charge in [-0.3, -0.25) is 0 Å². The third kappa shape index (κ3) is 3.04. The van der Waals surface area contributed by atoms with Crippen LogP contribution in [0.2, 0.25) is 0 Å². The largest absolute Gasteiger partial charge is 0.380 e. The van der Waals surface area contributed by atoms with Crippen LogP contribution in [0.5, 0.6) is 0 Å². The number of rotatable bonds is 6. The SMILES string of the molecule is CCOC[C@@]1(N)[C@H](c2ccc(Br)cc2)[C@@H]1S(=O)(=O)c1ccccc1. The summed E-state index contributed by atoms with van der Waals surface area (Å²) in [6.07, 6.45) is 0. The molecule has 0 aliphatic heterocycles. The van der Waals surface area contributed by atoms with Crippen molar-refractivity contribution in [2.24, 2.45) is 5.73 Å². The van der Waals surface area contributed by atoms with Gasteiger partial charge in [-0.2, -0.15) is 0 Å². The van der Waals surface area contributed by atoms with Gasteiger partial charge in [0, 0.05) is 17.0 Å². The van der Waals surface area contributed by atoms with E-state index in [0.29, 0.717) is 11.5 Å². The molecule has 0 radical (unpaired) electrons. The summed E-state index contributed by atoms with van der Waals surface area (Å²) in [6.45, 7) is 2.60. The highest BCUT2D eigenvalue weighted by Crippen LogP contribution is 2.55. The average molecular weight is 410 g/mol. The zero-order chi connectivity index (χ0) is 17.4. The number of nitrogens with two attached hydrogens (primary N) is 1. The summed E-state index contributed by atoms with van der Waals surface area (Å²) < 4.78 is 32.6. The number of sulfone groups is 1. The topological polar surface area (TPSA) is 69.4 Å². The number of halogens is 1. The maximum Gasteiger partial charge on any atom is 0.183 e. The van der Waals surface area contributed by atoms with E-state index in [1.807, 2.05) is 31.2 Å². The van der Waals surface area contributed by atoms with Crippen LogP contribution < -0.4 is 5.73 Å². The van der Waals surface area contributed by atoms with Crippen LogP contribution in [0.3, 0.4) is 0 Å². The molecule has 4 nitrogen and oxygen atoms in total. The van der Waals surface area contributed by atoms with Crippen LogP contribution in [0.4, 0.5) is 0 Å². The first-order valence-electron chi connectivity index (χ1n) is 7.82. The Morgan fingerprint density at radius 1 is 1.12 bits per heavy atom. The van der Waals surface area contributed by atoms with Crippen molar-refractivity contribution in [3.8, 4) is 0 Å². The van der Waals surface area contributed by atoms with Crippen molar-refractivity contribution in [2.75, 3.05) is 13.2 Å². The lowest BCUT2D eigenvalue weighted by Gasteiger charge is -2.12. The maximum absolute atomic E-state index is 13.1. The number of benzene rings is 2. The molecule has 0 unspecified atom stereocenters. The Kier molecular flexibility index (Phi) is 4.84. The summed E-state index contributed by atoms with van der Waals surface area (Å²) in [5, 5.41) is -0.680. The minimum absolute atomic E-state index is 0.223. The van der Waals surface area contributed by atoms with Gasteiger partial charge in [0.1, 0.15) is 0 Å². The molecule has 0 saturated heterocycles. The molecule has 0 bridgehead atoms. The molecular formula is C18H20BrNO3S. The van der Waals surface area contributed by atoms with Gasteiger partial charge < -0.3 is 10.5 Å². The summed E-state index contributed by atoms with van der Waals surface area (Å²) in [4.78, 5) is 0.306. The van der Waals surface area contributed by atoms with Gasteiger partial charge in [-0.05, 0) is 36.8 Å². The van der Waals surface area contributed by atoms with Crippen molar-refractivity contribution in [1.82, 2.24) is 0 Å². The molecule has 1 fully saturated rings. The second-order valence-corrected chi connectivity index (χ2v) is 9.04. The van der Waals surface area contributed by atoms with Crippen LogP contribution in [0.1, 0.15) is 18.4 Å².